The van der Waals surface area contributed by atoms with Crippen molar-refractivity contribution in [2.24, 2.45) is 7.05 Å². The van der Waals surface area contributed by atoms with E-state index in [2.05, 4.69) is 5.10 Å². The van der Waals surface area contributed by atoms with Gasteiger partial charge >= 0.3 is 5.97 Å². The standard InChI is InChI=1S/C12H19N3O2/c1-8-10(9(2)14(3)13-8)11(12(16)17)15-6-4-5-7-15/h11H,4-7H2,1-3H3,(H,16,17). The maximum Gasteiger partial charge on any atom is 0.325 e. The van der Waals surface area contributed by atoms with E-state index in [0.717, 1.165) is 42.9 Å². The van der Waals surface area contributed by atoms with Crippen molar-refractivity contribution < 1.29 is 9.90 Å². The van der Waals surface area contributed by atoms with Gasteiger partial charge in [-0.25, -0.2) is 0 Å². The molecule has 1 fully saturated rings. The van der Waals surface area contributed by atoms with Crippen LogP contribution in [0.4, 0.5) is 0 Å². The van der Waals surface area contributed by atoms with Crippen molar-refractivity contribution in [2.45, 2.75) is 32.7 Å². The fraction of sp³-hybridized carbons (Fsp3) is 0.667. The zero-order chi connectivity index (χ0) is 12.6. The predicted octanol–water partition coefficient (Wildman–Crippen LogP) is 1.26. The molecule has 0 saturated carbocycles. The van der Waals surface area contributed by atoms with Crippen LogP contribution < -0.4 is 0 Å². The number of nitrogens with zero attached hydrogens (tertiary/aromatic N) is 3. The Bertz CT molecular complexity index is 433. The summed E-state index contributed by atoms with van der Waals surface area (Å²) in [5.74, 6) is -0.772. The van der Waals surface area contributed by atoms with E-state index in [1.165, 1.54) is 0 Å². The van der Waals surface area contributed by atoms with Gasteiger partial charge in [0, 0.05) is 18.3 Å². The number of likely N-dealkylation sites (tertiary alicyclic amines) is 1. The molecule has 0 aliphatic carbocycles. The minimum atomic E-state index is -0.772. The van der Waals surface area contributed by atoms with Gasteiger partial charge in [0.2, 0.25) is 0 Å². The summed E-state index contributed by atoms with van der Waals surface area (Å²) in [6, 6.07) is -0.536. The minimum absolute atomic E-state index is 0.536. The number of hydrogen-bond acceptors (Lipinski definition) is 3. The molecule has 17 heavy (non-hydrogen) atoms. The van der Waals surface area contributed by atoms with E-state index in [-0.39, 0.29) is 0 Å². The van der Waals surface area contributed by atoms with Crippen LogP contribution in [0.15, 0.2) is 0 Å². The Hall–Kier alpha value is -1.36. The summed E-state index contributed by atoms with van der Waals surface area (Å²) in [5.41, 5.74) is 2.63. The number of hydrogen-bond donors (Lipinski definition) is 1. The highest BCUT2D eigenvalue weighted by Crippen LogP contribution is 2.29. The molecule has 94 valence electrons. The minimum Gasteiger partial charge on any atom is -0.480 e. The van der Waals surface area contributed by atoms with Crippen LogP contribution in [0.3, 0.4) is 0 Å². The maximum absolute atomic E-state index is 11.5. The van der Waals surface area contributed by atoms with Crippen LogP contribution in [0, 0.1) is 13.8 Å². The van der Waals surface area contributed by atoms with E-state index < -0.39 is 12.0 Å². The molecule has 0 radical (unpaired) electrons. The van der Waals surface area contributed by atoms with Crippen molar-refractivity contribution in [2.75, 3.05) is 13.1 Å². The summed E-state index contributed by atoms with van der Waals surface area (Å²) in [6.45, 7) is 5.55. The van der Waals surface area contributed by atoms with Crippen LogP contribution in [0.25, 0.3) is 0 Å². The largest absolute Gasteiger partial charge is 0.480 e. The summed E-state index contributed by atoms with van der Waals surface area (Å²) in [4.78, 5) is 13.6. The van der Waals surface area contributed by atoms with Crippen molar-refractivity contribution in [3.05, 3.63) is 17.0 Å². The van der Waals surface area contributed by atoms with Crippen molar-refractivity contribution >= 4 is 5.97 Å². The molecule has 2 rings (SSSR count). The van der Waals surface area contributed by atoms with E-state index in [1.807, 2.05) is 25.8 Å². The van der Waals surface area contributed by atoms with Crippen molar-refractivity contribution in [3.8, 4) is 0 Å². The lowest BCUT2D eigenvalue weighted by atomic mass is 10.0. The lowest BCUT2D eigenvalue weighted by Crippen LogP contribution is -2.32. The molecule has 0 amide bonds. The van der Waals surface area contributed by atoms with E-state index in [9.17, 15) is 9.90 Å². The molecule has 1 atom stereocenters. The first-order valence-electron chi connectivity index (χ1n) is 5.99. The van der Waals surface area contributed by atoms with Crippen LogP contribution in [-0.4, -0.2) is 38.8 Å². The lowest BCUT2D eigenvalue weighted by molar-refractivity contribution is -0.143. The van der Waals surface area contributed by atoms with Gasteiger partial charge in [0.1, 0.15) is 6.04 Å². The Morgan fingerprint density at radius 2 is 1.94 bits per heavy atom. The number of carboxylic acids is 1. The number of carboxylic acid groups (broad SMARTS) is 1. The van der Waals surface area contributed by atoms with Crippen molar-refractivity contribution in [1.82, 2.24) is 14.7 Å². The maximum atomic E-state index is 11.5. The molecule has 1 N–H and O–H groups in total. The van der Waals surface area contributed by atoms with Gasteiger partial charge in [0.25, 0.3) is 0 Å². The van der Waals surface area contributed by atoms with Gasteiger partial charge in [-0.1, -0.05) is 0 Å². The van der Waals surface area contributed by atoms with Crippen LogP contribution in [0.1, 0.15) is 35.8 Å². The molecular weight excluding hydrogens is 218 g/mol. The first-order valence-corrected chi connectivity index (χ1v) is 5.99. The Balaban J connectivity index is 2.41. The van der Waals surface area contributed by atoms with E-state index >= 15 is 0 Å². The molecule has 1 aliphatic heterocycles. The third-order valence-corrected chi connectivity index (χ3v) is 3.58. The lowest BCUT2D eigenvalue weighted by Gasteiger charge is -2.24. The molecule has 5 heteroatoms. The molecule has 5 nitrogen and oxygen atoms in total. The van der Waals surface area contributed by atoms with Gasteiger partial charge in [-0.15, -0.1) is 0 Å². The fourth-order valence-corrected chi connectivity index (χ4v) is 2.65. The molecule has 0 bridgehead atoms. The molecule has 1 saturated heterocycles. The zero-order valence-corrected chi connectivity index (χ0v) is 10.6. The summed E-state index contributed by atoms with van der Waals surface area (Å²) in [7, 11) is 1.86. The monoisotopic (exact) mass is 237 g/mol. The van der Waals surface area contributed by atoms with E-state index in [0.29, 0.717) is 0 Å². The SMILES string of the molecule is Cc1nn(C)c(C)c1C(C(=O)O)N1CCCC1. The third kappa shape index (κ3) is 2.07. The second kappa shape index (κ2) is 4.49. The second-order valence-electron chi connectivity index (χ2n) is 4.69. The van der Waals surface area contributed by atoms with E-state index in [4.69, 9.17) is 0 Å². The predicted molar refractivity (Wildman–Crippen MR) is 63.9 cm³/mol. The Morgan fingerprint density at radius 1 is 1.35 bits per heavy atom. The Labute approximate surface area is 101 Å². The Kier molecular flexibility index (Phi) is 3.19. The average Bonchev–Trinajstić information content (AvgIpc) is 2.83. The number of aromatic nitrogens is 2. The molecule has 1 unspecified atom stereocenters. The normalized spacial score (nSPS) is 18.5. The quantitative estimate of drug-likeness (QED) is 0.859. The highest BCUT2D eigenvalue weighted by molar-refractivity contribution is 5.76. The smallest absolute Gasteiger partial charge is 0.325 e. The topological polar surface area (TPSA) is 58.4 Å². The fourth-order valence-electron chi connectivity index (χ4n) is 2.65. The van der Waals surface area contributed by atoms with Crippen molar-refractivity contribution in [1.29, 1.82) is 0 Å². The molecule has 1 aliphatic rings. The highest BCUT2D eigenvalue weighted by atomic mass is 16.4. The van der Waals surface area contributed by atoms with Gasteiger partial charge in [0.15, 0.2) is 0 Å². The Morgan fingerprint density at radius 3 is 2.35 bits per heavy atom. The van der Waals surface area contributed by atoms with Crippen molar-refractivity contribution in [3.63, 3.8) is 0 Å². The molecule has 1 aromatic heterocycles. The van der Waals surface area contributed by atoms with Gasteiger partial charge in [-0.05, 0) is 39.8 Å². The van der Waals surface area contributed by atoms with Gasteiger partial charge in [0.05, 0.1) is 5.69 Å². The summed E-state index contributed by atoms with van der Waals surface area (Å²) in [6.07, 6.45) is 2.17. The van der Waals surface area contributed by atoms with Gasteiger partial charge < -0.3 is 5.11 Å². The number of carbonyl (C=O) groups is 1. The zero-order valence-electron chi connectivity index (χ0n) is 10.6. The first kappa shape index (κ1) is 12.1. The molecule has 0 aromatic carbocycles. The summed E-state index contributed by atoms with van der Waals surface area (Å²) < 4.78 is 1.76. The summed E-state index contributed by atoms with van der Waals surface area (Å²) in [5, 5.41) is 13.8. The van der Waals surface area contributed by atoms with Gasteiger partial charge in [-0.2, -0.15) is 5.10 Å². The van der Waals surface area contributed by atoms with E-state index in [1.54, 1.807) is 4.68 Å². The summed E-state index contributed by atoms with van der Waals surface area (Å²) >= 11 is 0. The molecule has 1 aromatic rings. The molecular formula is C12H19N3O2. The first-order chi connectivity index (χ1) is 8.02. The van der Waals surface area contributed by atoms with Gasteiger partial charge in [-0.3, -0.25) is 14.4 Å². The third-order valence-electron chi connectivity index (χ3n) is 3.58. The van der Waals surface area contributed by atoms with Crippen LogP contribution in [0.5, 0.6) is 0 Å². The molecule has 2 heterocycles. The molecule has 0 spiro atoms. The average molecular weight is 237 g/mol. The number of aliphatic carboxylic acids is 1. The van der Waals surface area contributed by atoms with Crippen LogP contribution in [-0.2, 0) is 11.8 Å². The van der Waals surface area contributed by atoms with Crippen LogP contribution >= 0.6 is 0 Å². The number of rotatable bonds is 3. The second-order valence-corrected chi connectivity index (χ2v) is 4.69. The van der Waals surface area contributed by atoms with Crippen LogP contribution in [0.2, 0.25) is 0 Å². The number of aryl methyl sites for hydroxylation is 2. The highest BCUT2D eigenvalue weighted by Gasteiger charge is 2.33.